The maximum absolute atomic E-state index is 5.94. The van der Waals surface area contributed by atoms with Gasteiger partial charge in [-0.05, 0) is 29.0 Å². The summed E-state index contributed by atoms with van der Waals surface area (Å²) in [6, 6.07) is 2.13. The number of nitrogens with zero attached hydrogens (tertiary/aromatic N) is 3. The molecule has 1 aliphatic heterocycles. The molecule has 130 valence electrons. The second kappa shape index (κ2) is 7.03. The van der Waals surface area contributed by atoms with Gasteiger partial charge in [0, 0.05) is 56.8 Å². The van der Waals surface area contributed by atoms with E-state index in [4.69, 9.17) is 4.74 Å². The molecular weight excluding hydrogens is 300 g/mol. The third-order valence-corrected chi connectivity index (χ3v) is 4.70. The monoisotopic (exact) mass is 328 g/mol. The van der Waals surface area contributed by atoms with Crippen LogP contribution in [0.2, 0.25) is 0 Å². The van der Waals surface area contributed by atoms with E-state index in [1.54, 1.807) is 0 Å². The van der Waals surface area contributed by atoms with Crippen LogP contribution in [-0.2, 0) is 23.7 Å². The van der Waals surface area contributed by atoms with Crippen LogP contribution in [0.3, 0.4) is 0 Å². The number of aryl methyl sites for hydroxylation is 1. The highest BCUT2D eigenvalue weighted by molar-refractivity contribution is 5.29. The molecule has 24 heavy (non-hydrogen) atoms. The molecule has 0 aliphatic carbocycles. The first kappa shape index (κ1) is 17.1. The van der Waals surface area contributed by atoms with Gasteiger partial charge >= 0.3 is 0 Å². The molecule has 0 saturated carbocycles. The van der Waals surface area contributed by atoms with Crippen LogP contribution in [-0.4, -0.2) is 27.9 Å². The van der Waals surface area contributed by atoms with Crippen LogP contribution in [0.5, 0.6) is 0 Å². The van der Waals surface area contributed by atoms with Gasteiger partial charge in [-0.15, -0.1) is 0 Å². The maximum Gasteiger partial charge on any atom is 0.0896 e. The van der Waals surface area contributed by atoms with Crippen LogP contribution < -0.4 is 5.32 Å². The second-order valence-electron chi connectivity index (χ2n) is 7.70. The maximum atomic E-state index is 5.94. The Balaban J connectivity index is 1.61. The smallest absolute Gasteiger partial charge is 0.0896 e. The molecule has 1 N–H and O–H groups in total. The Morgan fingerprint density at radius 2 is 2.17 bits per heavy atom. The molecule has 2 atom stereocenters. The van der Waals surface area contributed by atoms with Crippen molar-refractivity contribution in [1.82, 2.24) is 20.1 Å². The van der Waals surface area contributed by atoms with Gasteiger partial charge in [0.15, 0.2) is 0 Å². The molecule has 0 unspecified atom stereocenters. The molecule has 3 heterocycles. The lowest BCUT2D eigenvalue weighted by Crippen LogP contribution is -2.26. The van der Waals surface area contributed by atoms with E-state index >= 15 is 0 Å². The lowest BCUT2D eigenvalue weighted by atomic mass is 9.84. The van der Waals surface area contributed by atoms with Crippen molar-refractivity contribution in [3.05, 3.63) is 47.5 Å². The van der Waals surface area contributed by atoms with Crippen molar-refractivity contribution in [2.45, 2.75) is 45.3 Å². The van der Waals surface area contributed by atoms with Crippen LogP contribution in [0.4, 0.5) is 0 Å². The number of aromatic nitrogens is 3. The number of hydrogen-bond acceptors (Lipinski definition) is 4. The fourth-order valence-electron chi connectivity index (χ4n) is 3.49. The first-order valence-corrected chi connectivity index (χ1v) is 8.69. The zero-order valence-electron chi connectivity index (χ0n) is 15.1. The molecule has 1 saturated heterocycles. The van der Waals surface area contributed by atoms with Gasteiger partial charge in [-0.1, -0.05) is 20.8 Å². The van der Waals surface area contributed by atoms with E-state index in [0.717, 1.165) is 26.1 Å². The Labute approximate surface area is 144 Å². The molecule has 0 aromatic carbocycles. The third kappa shape index (κ3) is 3.84. The zero-order valence-corrected chi connectivity index (χ0v) is 15.1. The summed E-state index contributed by atoms with van der Waals surface area (Å²) in [4.78, 5) is 4.30. The Morgan fingerprint density at radius 3 is 2.88 bits per heavy atom. The van der Waals surface area contributed by atoms with E-state index in [1.807, 2.05) is 30.3 Å². The third-order valence-electron chi connectivity index (χ3n) is 4.70. The predicted molar refractivity (Wildman–Crippen MR) is 94.7 cm³/mol. The van der Waals surface area contributed by atoms with Gasteiger partial charge in [0.2, 0.25) is 0 Å². The summed E-state index contributed by atoms with van der Waals surface area (Å²) in [5.74, 6) is 0.490. The summed E-state index contributed by atoms with van der Waals surface area (Å²) in [6.07, 6.45) is 9.09. The summed E-state index contributed by atoms with van der Waals surface area (Å²) < 4.78 is 7.78. The Hall–Kier alpha value is -1.72. The summed E-state index contributed by atoms with van der Waals surface area (Å²) in [5.41, 5.74) is 3.95. The Kier molecular flexibility index (Phi) is 5.01. The van der Waals surface area contributed by atoms with Gasteiger partial charge in [0.05, 0.1) is 12.3 Å². The number of pyridine rings is 1. The normalized spacial score (nSPS) is 21.3. The Morgan fingerprint density at radius 1 is 1.33 bits per heavy atom. The molecule has 0 amide bonds. The number of rotatable bonds is 5. The van der Waals surface area contributed by atoms with Crippen molar-refractivity contribution < 1.29 is 4.74 Å². The zero-order chi connectivity index (χ0) is 17.2. The molecule has 1 aliphatic rings. The minimum atomic E-state index is 0.134. The van der Waals surface area contributed by atoms with Crippen LogP contribution in [0.1, 0.15) is 50.0 Å². The average Bonchev–Trinajstić information content (AvgIpc) is 3.15. The van der Waals surface area contributed by atoms with Gasteiger partial charge in [-0.25, -0.2) is 0 Å². The summed E-state index contributed by atoms with van der Waals surface area (Å²) in [6.45, 7) is 9.35. The molecule has 3 rings (SSSR count). The summed E-state index contributed by atoms with van der Waals surface area (Å²) >= 11 is 0. The van der Waals surface area contributed by atoms with Crippen molar-refractivity contribution in [2.75, 3.05) is 13.2 Å². The van der Waals surface area contributed by atoms with E-state index in [9.17, 15) is 0 Å². The molecule has 0 radical (unpaired) electrons. The quantitative estimate of drug-likeness (QED) is 0.917. The topological polar surface area (TPSA) is 52.0 Å². The van der Waals surface area contributed by atoms with Crippen molar-refractivity contribution in [1.29, 1.82) is 0 Å². The van der Waals surface area contributed by atoms with Crippen molar-refractivity contribution in [3.8, 4) is 0 Å². The van der Waals surface area contributed by atoms with Gasteiger partial charge in [0.1, 0.15) is 0 Å². The van der Waals surface area contributed by atoms with E-state index < -0.39 is 0 Å². The highest BCUT2D eigenvalue weighted by Crippen LogP contribution is 2.34. The van der Waals surface area contributed by atoms with Crippen LogP contribution >= 0.6 is 0 Å². The van der Waals surface area contributed by atoms with E-state index in [0.29, 0.717) is 5.92 Å². The molecule has 2 aromatic rings. The highest BCUT2D eigenvalue weighted by Gasteiger charge is 2.30. The van der Waals surface area contributed by atoms with E-state index in [2.05, 4.69) is 48.4 Å². The second-order valence-corrected chi connectivity index (χ2v) is 7.70. The number of hydrogen-bond donors (Lipinski definition) is 1. The average molecular weight is 328 g/mol. The minimum Gasteiger partial charge on any atom is -0.373 e. The highest BCUT2D eigenvalue weighted by atomic mass is 16.5. The molecular formula is C19H28N4O. The molecule has 5 heteroatoms. The van der Waals surface area contributed by atoms with Gasteiger partial charge in [-0.3, -0.25) is 9.67 Å². The summed E-state index contributed by atoms with van der Waals surface area (Å²) in [5, 5.41) is 7.89. The van der Waals surface area contributed by atoms with Crippen molar-refractivity contribution in [2.24, 2.45) is 13.0 Å². The lowest BCUT2D eigenvalue weighted by molar-refractivity contribution is 0.0904. The molecule has 0 bridgehead atoms. The first-order valence-electron chi connectivity index (χ1n) is 8.69. The number of ether oxygens (including phenoxy) is 1. The summed E-state index contributed by atoms with van der Waals surface area (Å²) in [7, 11) is 1.95. The first-order chi connectivity index (χ1) is 11.4. The van der Waals surface area contributed by atoms with Gasteiger partial charge < -0.3 is 10.1 Å². The standard InChI is InChI=1S/C19H28N4O/c1-19(2,3)17-5-7-20-10-15(17)11-21-9-14-6-8-24-18(14)16-12-22-23(4)13-16/h5,7,10,12-14,18,21H,6,8-9,11H2,1-4H3/t14-,18+/m1/s1. The number of nitrogens with one attached hydrogen (secondary N) is 1. The van der Waals surface area contributed by atoms with E-state index in [-0.39, 0.29) is 11.5 Å². The van der Waals surface area contributed by atoms with E-state index in [1.165, 1.54) is 16.7 Å². The minimum absolute atomic E-state index is 0.134. The van der Waals surface area contributed by atoms with Crippen LogP contribution in [0.15, 0.2) is 30.9 Å². The van der Waals surface area contributed by atoms with Crippen molar-refractivity contribution in [3.63, 3.8) is 0 Å². The van der Waals surface area contributed by atoms with Crippen LogP contribution in [0, 0.1) is 5.92 Å². The molecule has 1 fully saturated rings. The largest absolute Gasteiger partial charge is 0.373 e. The van der Waals surface area contributed by atoms with Crippen molar-refractivity contribution >= 4 is 0 Å². The fourth-order valence-corrected chi connectivity index (χ4v) is 3.49. The lowest BCUT2D eigenvalue weighted by Gasteiger charge is -2.23. The fraction of sp³-hybridized carbons (Fsp3) is 0.579. The molecule has 2 aromatic heterocycles. The van der Waals surface area contributed by atoms with Crippen LogP contribution in [0.25, 0.3) is 0 Å². The van der Waals surface area contributed by atoms with Gasteiger partial charge in [-0.2, -0.15) is 5.10 Å². The molecule has 5 nitrogen and oxygen atoms in total. The molecule has 0 spiro atoms. The predicted octanol–water partition coefficient (Wildman–Crippen LogP) is 2.98. The Bertz CT molecular complexity index is 674. The van der Waals surface area contributed by atoms with Gasteiger partial charge in [0.25, 0.3) is 0 Å². The SMILES string of the molecule is Cn1cc([C@H]2OCC[C@@H]2CNCc2cnccc2C(C)(C)C)cn1.